The first-order valence-corrected chi connectivity index (χ1v) is 12.0. The number of methoxy groups -OCH3 is 1. The number of carbonyl (C=O) groups is 2. The van der Waals surface area contributed by atoms with Crippen molar-refractivity contribution < 1.29 is 33.8 Å². The number of morpholine rings is 1. The van der Waals surface area contributed by atoms with Crippen molar-refractivity contribution in [3.05, 3.63) is 64.7 Å². The Hall–Kier alpha value is -3.36. The van der Waals surface area contributed by atoms with E-state index in [9.17, 15) is 14.7 Å². The van der Waals surface area contributed by atoms with Crippen molar-refractivity contribution in [2.45, 2.75) is 19.9 Å². The van der Waals surface area contributed by atoms with Crippen LogP contribution in [0.1, 0.15) is 29.7 Å². The molecular weight excluding hydrogens is 448 g/mol. The monoisotopic (exact) mass is 480 g/mol. The molecule has 0 saturated carbocycles. The molecule has 0 bridgehead atoms. The van der Waals surface area contributed by atoms with E-state index in [1.54, 1.807) is 30.3 Å². The Balaban J connectivity index is 1.77. The van der Waals surface area contributed by atoms with E-state index >= 15 is 0 Å². The summed E-state index contributed by atoms with van der Waals surface area (Å²) in [5.74, 6) is -0.777. The van der Waals surface area contributed by atoms with Crippen LogP contribution in [0, 0.1) is 6.92 Å². The van der Waals surface area contributed by atoms with Crippen LogP contribution in [0.5, 0.6) is 11.5 Å². The SMILES string of the molecule is CCOc1ccc(C2/C(=C(\[O-])c3ccc(C)cc3)C(=O)C(=O)N2CC[NH+]2CCOCC2)cc1OC. The molecular formula is C27H32N2O6. The van der Waals surface area contributed by atoms with Crippen molar-refractivity contribution in [2.24, 2.45) is 0 Å². The smallest absolute Gasteiger partial charge is 0.295 e. The van der Waals surface area contributed by atoms with Crippen LogP contribution in [0.15, 0.2) is 48.0 Å². The molecule has 2 aliphatic rings. The second-order valence-corrected chi connectivity index (χ2v) is 8.79. The fourth-order valence-electron chi connectivity index (χ4n) is 4.63. The summed E-state index contributed by atoms with van der Waals surface area (Å²) in [6.45, 7) is 8.32. The second kappa shape index (κ2) is 10.9. The van der Waals surface area contributed by atoms with Crippen molar-refractivity contribution in [2.75, 3.05) is 53.1 Å². The molecule has 35 heavy (non-hydrogen) atoms. The highest BCUT2D eigenvalue weighted by Gasteiger charge is 2.44. The van der Waals surface area contributed by atoms with Crippen LogP contribution >= 0.6 is 0 Å². The first-order valence-electron chi connectivity index (χ1n) is 12.0. The molecule has 2 fully saturated rings. The summed E-state index contributed by atoms with van der Waals surface area (Å²) in [6.07, 6.45) is 0. The average Bonchev–Trinajstić information content (AvgIpc) is 3.13. The average molecular weight is 481 g/mol. The Labute approximate surface area is 205 Å². The number of carbonyl (C=O) groups excluding carboxylic acids is 2. The topological polar surface area (TPSA) is 92.6 Å². The first-order chi connectivity index (χ1) is 16.9. The van der Waals surface area contributed by atoms with E-state index in [4.69, 9.17) is 14.2 Å². The van der Waals surface area contributed by atoms with Gasteiger partial charge in [-0.1, -0.05) is 41.7 Å². The zero-order chi connectivity index (χ0) is 24.9. The highest BCUT2D eigenvalue weighted by atomic mass is 16.5. The summed E-state index contributed by atoms with van der Waals surface area (Å²) in [5, 5.41) is 13.6. The maximum absolute atomic E-state index is 13.6. The third-order valence-corrected chi connectivity index (χ3v) is 6.55. The number of likely N-dealkylation sites (tertiary alicyclic amines) is 1. The fourth-order valence-corrected chi connectivity index (χ4v) is 4.63. The van der Waals surface area contributed by atoms with Crippen molar-refractivity contribution in [1.29, 1.82) is 0 Å². The molecule has 0 spiro atoms. The van der Waals surface area contributed by atoms with Gasteiger partial charge >= 0.3 is 0 Å². The standard InChI is InChI=1S/C27H32N2O6/c1-4-35-21-10-9-20(17-22(21)33-3)24-23(25(30)19-7-5-18(2)6-8-19)26(31)27(32)29(24)12-11-28-13-15-34-16-14-28/h5-10,17,24,30H,4,11-16H2,1-3H3/b25-23+. The largest absolute Gasteiger partial charge is 0.872 e. The van der Waals surface area contributed by atoms with Gasteiger partial charge in [0.05, 0.1) is 46.1 Å². The molecule has 1 atom stereocenters. The van der Waals surface area contributed by atoms with E-state index < -0.39 is 23.5 Å². The maximum atomic E-state index is 13.6. The molecule has 1 N–H and O–H groups in total. The number of aryl methyl sites for hydroxylation is 1. The molecule has 2 heterocycles. The lowest BCUT2D eigenvalue weighted by atomic mass is 9.94. The van der Waals surface area contributed by atoms with Crippen LogP contribution in [0.3, 0.4) is 0 Å². The molecule has 2 aliphatic heterocycles. The van der Waals surface area contributed by atoms with E-state index in [1.165, 1.54) is 16.9 Å². The van der Waals surface area contributed by atoms with Crippen LogP contribution in [-0.4, -0.2) is 69.7 Å². The van der Waals surface area contributed by atoms with Gasteiger partial charge in [-0.25, -0.2) is 0 Å². The summed E-state index contributed by atoms with van der Waals surface area (Å²) < 4.78 is 16.6. The van der Waals surface area contributed by atoms with Gasteiger partial charge in [0.25, 0.3) is 5.91 Å². The number of benzene rings is 2. The molecule has 186 valence electrons. The van der Waals surface area contributed by atoms with Crippen molar-refractivity contribution in [1.82, 2.24) is 4.90 Å². The van der Waals surface area contributed by atoms with Crippen molar-refractivity contribution in [3.63, 3.8) is 0 Å². The lowest BCUT2D eigenvalue weighted by Crippen LogP contribution is -3.14. The molecule has 0 aliphatic carbocycles. The first kappa shape index (κ1) is 24.8. The second-order valence-electron chi connectivity index (χ2n) is 8.79. The van der Waals surface area contributed by atoms with Gasteiger partial charge in [0.1, 0.15) is 13.1 Å². The van der Waals surface area contributed by atoms with Crippen molar-refractivity contribution >= 4 is 17.4 Å². The predicted molar refractivity (Wildman–Crippen MR) is 128 cm³/mol. The molecule has 8 nitrogen and oxygen atoms in total. The van der Waals surface area contributed by atoms with E-state index in [2.05, 4.69) is 0 Å². The normalized spacial score (nSPS) is 20.3. The molecule has 1 unspecified atom stereocenters. The molecule has 1 amide bonds. The number of rotatable bonds is 8. The fraction of sp³-hybridized carbons (Fsp3) is 0.407. The summed E-state index contributed by atoms with van der Waals surface area (Å²) >= 11 is 0. The van der Waals surface area contributed by atoms with Gasteiger partial charge in [-0.2, -0.15) is 0 Å². The molecule has 2 aromatic carbocycles. The number of ether oxygens (including phenoxy) is 3. The lowest BCUT2D eigenvalue weighted by molar-refractivity contribution is -0.907. The molecule has 2 saturated heterocycles. The van der Waals surface area contributed by atoms with Crippen molar-refractivity contribution in [3.8, 4) is 11.5 Å². The number of amides is 1. The number of hydrogen-bond acceptors (Lipinski definition) is 6. The number of ketones is 1. The van der Waals surface area contributed by atoms with Gasteiger partial charge < -0.3 is 29.1 Å². The Kier molecular flexibility index (Phi) is 7.73. The summed E-state index contributed by atoms with van der Waals surface area (Å²) in [5.41, 5.74) is 2.00. The van der Waals surface area contributed by atoms with E-state index in [-0.39, 0.29) is 5.57 Å². The zero-order valence-corrected chi connectivity index (χ0v) is 20.5. The van der Waals surface area contributed by atoms with Crippen LogP contribution < -0.4 is 19.5 Å². The van der Waals surface area contributed by atoms with E-state index in [0.717, 1.165) is 18.7 Å². The molecule has 0 aromatic heterocycles. The van der Waals surface area contributed by atoms with E-state index in [0.29, 0.717) is 55.5 Å². The van der Waals surface area contributed by atoms with Crippen LogP contribution in [0.4, 0.5) is 0 Å². The Morgan fingerprint density at radius 1 is 1.11 bits per heavy atom. The zero-order valence-electron chi connectivity index (χ0n) is 20.5. The van der Waals surface area contributed by atoms with Crippen LogP contribution in [0.25, 0.3) is 5.76 Å². The third-order valence-electron chi connectivity index (χ3n) is 6.55. The molecule has 8 heteroatoms. The number of nitrogens with one attached hydrogen (secondary N) is 1. The maximum Gasteiger partial charge on any atom is 0.295 e. The van der Waals surface area contributed by atoms with Gasteiger partial charge in [0.15, 0.2) is 11.5 Å². The quantitative estimate of drug-likeness (QED) is 0.337. The Morgan fingerprint density at radius 3 is 2.49 bits per heavy atom. The minimum atomic E-state index is -0.797. The summed E-state index contributed by atoms with van der Waals surface area (Å²) in [4.78, 5) is 29.3. The van der Waals surface area contributed by atoms with Gasteiger partial charge in [-0.3, -0.25) is 9.59 Å². The molecule has 4 rings (SSSR count). The Bertz CT molecular complexity index is 1110. The summed E-state index contributed by atoms with van der Waals surface area (Å²) in [6, 6.07) is 11.5. The van der Waals surface area contributed by atoms with Gasteiger partial charge in [-0.15, -0.1) is 0 Å². The van der Waals surface area contributed by atoms with Gasteiger partial charge in [-0.05, 0) is 37.1 Å². The lowest BCUT2D eigenvalue weighted by Gasteiger charge is -2.30. The third kappa shape index (κ3) is 5.18. The van der Waals surface area contributed by atoms with E-state index in [1.807, 2.05) is 26.0 Å². The minimum Gasteiger partial charge on any atom is -0.872 e. The number of nitrogens with zero attached hydrogens (tertiary/aromatic N) is 1. The highest BCUT2D eigenvalue weighted by molar-refractivity contribution is 6.46. The van der Waals surface area contributed by atoms with Crippen LogP contribution in [-0.2, 0) is 14.3 Å². The van der Waals surface area contributed by atoms with Crippen LogP contribution in [0.2, 0.25) is 0 Å². The molecule has 2 aromatic rings. The minimum absolute atomic E-state index is 0.0259. The Morgan fingerprint density at radius 2 is 1.83 bits per heavy atom. The number of Topliss-reactive ketones (excluding diaryl/α,β-unsaturated/α-hetero) is 1. The number of hydrogen-bond donors (Lipinski definition) is 1. The highest BCUT2D eigenvalue weighted by Crippen LogP contribution is 2.41. The number of quaternary nitrogens is 1. The molecule has 0 radical (unpaired) electrons. The summed E-state index contributed by atoms with van der Waals surface area (Å²) in [7, 11) is 1.54. The predicted octanol–water partition coefficient (Wildman–Crippen LogP) is 0.541. The van der Waals surface area contributed by atoms with Gasteiger partial charge in [0.2, 0.25) is 5.78 Å². The van der Waals surface area contributed by atoms with Gasteiger partial charge in [0, 0.05) is 5.57 Å².